The van der Waals surface area contributed by atoms with Crippen LogP contribution in [-0.4, -0.2) is 16.3 Å². The number of phenolic OH excluding ortho intramolecular Hbond substituents is 1. The van der Waals surface area contributed by atoms with E-state index in [2.05, 4.69) is 0 Å². The number of hydrogen-bond donors (Lipinski definition) is 3. The number of aliphatic hydroxyl groups is 1. The van der Waals surface area contributed by atoms with E-state index < -0.39 is 12.1 Å². The number of halogens is 1. The summed E-state index contributed by atoms with van der Waals surface area (Å²) < 4.78 is 5.65. The largest absolute Gasteiger partial charge is 0.507 e. The minimum Gasteiger partial charge on any atom is -0.507 e. The molecule has 2 rings (SSSR count). The van der Waals surface area contributed by atoms with E-state index in [4.69, 9.17) is 10.5 Å². The molecule has 0 amide bonds. The molecule has 0 aromatic heterocycles. The minimum absolute atomic E-state index is 0. The summed E-state index contributed by atoms with van der Waals surface area (Å²) in [6.45, 7) is 4.21. The smallest absolute Gasteiger partial charge is 0.124 e. The second-order valence-electron chi connectivity index (χ2n) is 5.76. The molecule has 4 N–H and O–H groups in total. The Morgan fingerprint density at radius 1 is 1.09 bits per heavy atom. The summed E-state index contributed by atoms with van der Waals surface area (Å²) in [5, 5.41) is 20.1. The maximum absolute atomic E-state index is 10.1. The van der Waals surface area contributed by atoms with Gasteiger partial charge in [0.25, 0.3) is 0 Å². The molecule has 126 valence electrons. The molecular formula is C18H24ClNO3. The van der Waals surface area contributed by atoms with E-state index in [9.17, 15) is 10.2 Å². The van der Waals surface area contributed by atoms with Crippen LogP contribution in [0.1, 0.15) is 31.0 Å². The fraction of sp³-hybridized carbons (Fsp3) is 0.333. The molecule has 0 unspecified atom stereocenters. The lowest BCUT2D eigenvalue weighted by atomic mass is 9.94. The van der Waals surface area contributed by atoms with E-state index in [1.165, 1.54) is 6.07 Å². The minimum atomic E-state index is -0.706. The number of hydrogen-bond acceptors (Lipinski definition) is 4. The van der Waals surface area contributed by atoms with Crippen LogP contribution in [0.3, 0.4) is 0 Å². The van der Waals surface area contributed by atoms with E-state index in [0.717, 1.165) is 5.56 Å². The zero-order chi connectivity index (χ0) is 16.1. The second kappa shape index (κ2) is 8.77. The number of aliphatic hydroxyl groups excluding tert-OH is 1. The summed E-state index contributed by atoms with van der Waals surface area (Å²) in [5.41, 5.74) is 7.58. The average Bonchev–Trinajstić information content (AvgIpc) is 2.52. The number of nitrogens with two attached hydrogens (primary N) is 1. The van der Waals surface area contributed by atoms with Crippen LogP contribution in [0, 0.1) is 5.92 Å². The van der Waals surface area contributed by atoms with Crippen LogP contribution in [0.2, 0.25) is 0 Å². The summed E-state index contributed by atoms with van der Waals surface area (Å²) in [5.74, 6) is 0.623. The van der Waals surface area contributed by atoms with Crippen molar-refractivity contribution in [3.05, 3.63) is 59.7 Å². The normalized spacial score (nSPS) is 13.3. The van der Waals surface area contributed by atoms with Gasteiger partial charge in [-0.05, 0) is 23.6 Å². The zero-order valence-corrected chi connectivity index (χ0v) is 14.2. The lowest BCUT2D eigenvalue weighted by molar-refractivity contribution is 0.0969. The van der Waals surface area contributed by atoms with E-state index in [-0.39, 0.29) is 24.1 Å². The number of phenols is 1. The van der Waals surface area contributed by atoms with Gasteiger partial charge in [-0.1, -0.05) is 44.2 Å². The SMILES string of the molecule is CC(C)[C@H](O)[C@H](N)c1ccc(OCc2ccccc2)cc1O.Cl. The first-order valence-electron chi connectivity index (χ1n) is 7.42. The Kier molecular flexibility index (Phi) is 7.36. The van der Waals surface area contributed by atoms with Crippen LogP contribution in [-0.2, 0) is 6.61 Å². The molecule has 0 aliphatic carbocycles. The number of ether oxygens (including phenoxy) is 1. The number of rotatable bonds is 6. The van der Waals surface area contributed by atoms with Gasteiger partial charge in [0.2, 0.25) is 0 Å². The molecule has 0 aliphatic rings. The Morgan fingerprint density at radius 2 is 1.74 bits per heavy atom. The van der Waals surface area contributed by atoms with Crippen LogP contribution in [0.4, 0.5) is 0 Å². The maximum Gasteiger partial charge on any atom is 0.124 e. The lowest BCUT2D eigenvalue weighted by Gasteiger charge is -2.23. The summed E-state index contributed by atoms with van der Waals surface area (Å²) in [6, 6.07) is 14.2. The van der Waals surface area contributed by atoms with Gasteiger partial charge in [0, 0.05) is 11.6 Å². The predicted octanol–water partition coefficient (Wildman–Crippen LogP) is 3.41. The first kappa shape index (κ1) is 19.3. The third-order valence-electron chi connectivity index (χ3n) is 3.66. The Hall–Kier alpha value is -1.75. The average molecular weight is 338 g/mol. The molecule has 0 bridgehead atoms. The van der Waals surface area contributed by atoms with Gasteiger partial charge in [-0.25, -0.2) is 0 Å². The lowest BCUT2D eigenvalue weighted by Crippen LogP contribution is -2.30. The third kappa shape index (κ3) is 5.13. The summed E-state index contributed by atoms with van der Waals surface area (Å²) >= 11 is 0. The van der Waals surface area contributed by atoms with Crippen molar-refractivity contribution in [1.82, 2.24) is 0 Å². The molecular weight excluding hydrogens is 314 g/mol. The van der Waals surface area contributed by atoms with Gasteiger partial charge in [0.15, 0.2) is 0 Å². The highest BCUT2D eigenvalue weighted by Gasteiger charge is 2.22. The number of aromatic hydroxyl groups is 1. The summed E-state index contributed by atoms with van der Waals surface area (Å²) in [7, 11) is 0. The van der Waals surface area contributed by atoms with Gasteiger partial charge < -0.3 is 20.7 Å². The molecule has 0 aliphatic heterocycles. The van der Waals surface area contributed by atoms with Crippen LogP contribution in [0.5, 0.6) is 11.5 Å². The molecule has 0 saturated heterocycles. The van der Waals surface area contributed by atoms with E-state index in [1.807, 2.05) is 44.2 Å². The summed E-state index contributed by atoms with van der Waals surface area (Å²) in [6.07, 6.45) is -0.706. The predicted molar refractivity (Wildman–Crippen MR) is 93.9 cm³/mol. The van der Waals surface area contributed by atoms with Crippen molar-refractivity contribution >= 4 is 12.4 Å². The maximum atomic E-state index is 10.1. The molecule has 0 radical (unpaired) electrons. The second-order valence-corrected chi connectivity index (χ2v) is 5.76. The van der Waals surface area contributed by atoms with Crippen LogP contribution in [0.15, 0.2) is 48.5 Å². The van der Waals surface area contributed by atoms with Crippen LogP contribution >= 0.6 is 12.4 Å². The molecule has 2 aromatic rings. The van der Waals surface area contributed by atoms with Crippen LogP contribution in [0.25, 0.3) is 0 Å². The molecule has 2 aromatic carbocycles. The van der Waals surface area contributed by atoms with Crippen LogP contribution < -0.4 is 10.5 Å². The van der Waals surface area contributed by atoms with Gasteiger partial charge in [0.05, 0.1) is 12.1 Å². The molecule has 23 heavy (non-hydrogen) atoms. The Balaban J connectivity index is 0.00000264. The highest BCUT2D eigenvalue weighted by atomic mass is 35.5. The quantitative estimate of drug-likeness (QED) is 0.755. The Bertz CT molecular complexity index is 604. The van der Waals surface area contributed by atoms with Crippen molar-refractivity contribution in [1.29, 1.82) is 0 Å². The monoisotopic (exact) mass is 337 g/mol. The van der Waals surface area contributed by atoms with Crippen molar-refractivity contribution in [3.63, 3.8) is 0 Å². The molecule has 4 nitrogen and oxygen atoms in total. The molecule has 0 fully saturated rings. The molecule has 0 saturated carbocycles. The molecule has 0 spiro atoms. The van der Waals surface area contributed by atoms with Crippen molar-refractivity contribution in [2.45, 2.75) is 32.6 Å². The molecule has 2 atom stereocenters. The highest BCUT2D eigenvalue weighted by Crippen LogP contribution is 2.31. The van der Waals surface area contributed by atoms with Gasteiger partial charge in [-0.3, -0.25) is 0 Å². The van der Waals surface area contributed by atoms with Gasteiger partial charge in [-0.15, -0.1) is 12.4 Å². The zero-order valence-electron chi connectivity index (χ0n) is 13.3. The van der Waals surface area contributed by atoms with Gasteiger partial charge >= 0.3 is 0 Å². The first-order chi connectivity index (χ1) is 10.5. The fourth-order valence-electron chi connectivity index (χ4n) is 2.23. The topological polar surface area (TPSA) is 75.7 Å². The van der Waals surface area contributed by atoms with Gasteiger partial charge in [-0.2, -0.15) is 0 Å². The third-order valence-corrected chi connectivity index (χ3v) is 3.66. The van der Waals surface area contributed by atoms with E-state index in [1.54, 1.807) is 12.1 Å². The van der Waals surface area contributed by atoms with E-state index >= 15 is 0 Å². The Labute approximate surface area is 143 Å². The van der Waals surface area contributed by atoms with E-state index in [0.29, 0.717) is 17.9 Å². The van der Waals surface area contributed by atoms with Crippen molar-refractivity contribution in [2.24, 2.45) is 11.7 Å². The standard InChI is InChI=1S/C18H23NO3.ClH/c1-12(2)18(21)17(19)15-9-8-14(10-16(15)20)22-11-13-6-4-3-5-7-13;/h3-10,12,17-18,20-21H,11,19H2,1-2H3;1H/t17-,18+;/m1./s1. The fourth-order valence-corrected chi connectivity index (χ4v) is 2.23. The van der Waals surface area contributed by atoms with Gasteiger partial charge in [0.1, 0.15) is 18.1 Å². The van der Waals surface area contributed by atoms with Crippen molar-refractivity contribution in [2.75, 3.05) is 0 Å². The van der Waals surface area contributed by atoms with Crippen molar-refractivity contribution in [3.8, 4) is 11.5 Å². The molecule has 5 heteroatoms. The summed E-state index contributed by atoms with van der Waals surface area (Å²) in [4.78, 5) is 0. The first-order valence-corrected chi connectivity index (χ1v) is 7.42. The Morgan fingerprint density at radius 3 is 2.30 bits per heavy atom. The number of benzene rings is 2. The van der Waals surface area contributed by atoms with Crippen molar-refractivity contribution < 1.29 is 14.9 Å². The highest BCUT2D eigenvalue weighted by molar-refractivity contribution is 5.85. The molecule has 0 heterocycles.